The maximum atomic E-state index is 5.16. The molecule has 0 aliphatic heterocycles. The van der Waals surface area contributed by atoms with Crippen LogP contribution in [0.1, 0.15) is 0 Å². The van der Waals surface area contributed by atoms with E-state index in [9.17, 15) is 0 Å². The summed E-state index contributed by atoms with van der Waals surface area (Å²) in [4.78, 5) is 6.44. The van der Waals surface area contributed by atoms with E-state index in [2.05, 4.69) is 18.0 Å². The first-order valence-corrected chi connectivity index (χ1v) is 12.4. The molecule has 0 aliphatic carbocycles. The predicted molar refractivity (Wildman–Crippen MR) is 39.2 cm³/mol. The number of nitrogens with two attached hydrogens (primary N) is 2. The summed E-state index contributed by atoms with van der Waals surface area (Å²) in [6.45, 7) is 0. The van der Waals surface area contributed by atoms with Crippen LogP contribution in [0.2, 0.25) is 14.8 Å². The Morgan fingerprint density at radius 2 is 1.62 bits per heavy atom. The normalized spacial score (nSPS) is 10.9. The fraction of sp³-hybridized carbons (Fsp3) is 0.750. The zero-order valence-electron chi connectivity index (χ0n) is 5.60. The minimum atomic E-state index is -2.02. The van der Waals surface area contributed by atoms with Crippen molar-refractivity contribution >= 4 is 24.6 Å². The molecule has 0 saturated carbocycles. The zero-order valence-corrected chi connectivity index (χ0v) is 8.46. The molecule has 0 heterocycles. The van der Waals surface area contributed by atoms with Crippen LogP contribution in [-0.2, 0) is 0 Å². The van der Waals surface area contributed by atoms with Gasteiger partial charge in [0.25, 0.3) is 0 Å². The van der Waals surface area contributed by atoms with Crippen LogP contribution < -0.4 is 11.5 Å². The first kappa shape index (κ1) is 8.07. The fourth-order valence-electron chi connectivity index (χ4n) is 0.387. The molecule has 4 heteroatoms. The average Bonchev–Trinajstić information content (AvgIpc) is 1.21. The Kier molecular flexibility index (Phi) is 2.59. The Labute approximate surface area is 54.4 Å². The Hall–Kier alpha value is 0.0687. The quantitative estimate of drug-likeness (QED) is 0.375. The van der Waals surface area contributed by atoms with E-state index in [1.54, 1.807) is 0 Å². The van der Waals surface area contributed by atoms with Gasteiger partial charge in [-0.05, 0) is 0 Å². The molecular weight excluding hydrogens is 209 g/mol. The van der Waals surface area contributed by atoms with E-state index in [4.69, 9.17) is 11.5 Å². The van der Waals surface area contributed by atoms with E-state index in [0.717, 1.165) is 0 Å². The van der Waals surface area contributed by atoms with E-state index in [-0.39, 0.29) is 5.96 Å². The summed E-state index contributed by atoms with van der Waals surface area (Å²) in [7, 11) is 0. The molecule has 0 atom stereocenters. The molecule has 0 rings (SSSR count). The van der Waals surface area contributed by atoms with Crippen LogP contribution in [0.3, 0.4) is 0 Å². The molecule has 0 unspecified atom stereocenters. The standard InChI is InChI=1S/CH4N3.3CH3.Sn/c2-1(3)4;;;;/h(H4-,2,3,4);3*1H3;/q-1;;;;+1. The van der Waals surface area contributed by atoms with Crippen molar-refractivity contribution in [2.45, 2.75) is 14.8 Å². The molecule has 4 N–H and O–H groups in total. The van der Waals surface area contributed by atoms with E-state index < -0.39 is 18.7 Å². The average molecular weight is 222 g/mol. The van der Waals surface area contributed by atoms with Gasteiger partial charge in [0.15, 0.2) is 0 Å². The Morgan fingerprint density at radius 1 is 1.25 bits per heavy atom. The second kappa shape index (κ2) is 2.57. The summed E-state index contributed by atoms with van der Waals surface area (Å²) in [5.74, 6) is 0.244. The molecule has 0 spiro atoms. The van der Waals surface area contributed by atoms with Crippen LogP contribution in [0.4, 0.5) is 0 Å². The third kappa shape index (κ3) is 6.07. The van der Waals surface area contributed by atoms with Crippen molar-refractivity contribution in [3.63, 3.8) is 0 Å². The van der Waals surface area contributed by atoms with E-state index >= 15 is 0 Å². The third-order valence-corrected chi connectivity index (χ3v) is 3.12. The monoisotopic (exact) mass is 223 g/mol. The van der Waals surface area contributed by atoms with Crippen molar-refractivity contribution in [1.29, 1.82) is 0 Å². The van der Waals surface area contributed by atoms with Gasteiger partial charge in [0.2, 0.25) is 0 Å². The van der Waals surface area contributed by atoms with Gasteiger partial charge in [0.05, 0.1) is 0 Å². The van der Waals surface area contributed by atoms with E-state index in [1.807, 2.05) is 0 Å². The molecule has 0 aromatic heterocycles. The molecule has 0 aromatic carbocycles. The summed E-state index contributed by atoms with van der Waals surface area (Å²) in [5, 5.41) is 0. The van der Waals surface area contributed by atoms with Crippen molar-refractivity contribution < 1.29 is 0 Å². The zero-order chi connectivity index (χ0) is 6.78. The van der Waals surface area contributed by atoms with Crippen LogP contribution in [0.5, 0.6) is 0 Å². The van der Waals surface area contributed by atoms with Crippen LogP contribution in [-0.4, -0.2) is 24.6 Å². The fourth-order valence-corrected chi connectivity index (χ4v) is 2.60. The van der Waals surface area contributed by atoms with Crippen LogP contribution >= 0.6 is 0 Å². The van der Waals surface area contributed by atoms with Gasteiger partial charge >= 0.3 is 54.1 Å². The summed E-state index contributed by atoms with van der Waals surface area (Å²) >= 11 is -2.02. The minimum absolute atomic E-state index is 0.244. The van der Waals surface area contributed by atoms with Gasteiger partial charge in [-0.1, -0.05) is 0 Å². The number of hydrogen-bond donors (Lipinski definition) is 2. The SMILES string of the molecule is [CH3][Sn]([CH3])([CH3])[N]=C(N)N. The number of rotatable bonds is 1. The van der Waals surface area contributed by atoms with Gasteiger partial charge in [-0.3, -0.25) is 0 Å². The number of nitrogens with zero attached hydrogens (tertiary/aromatic N) is 1. The molecule has 3 nitrogen and oxygen atoms in total. The second-order valence-electron chi connectivity index (χ2n) is 2.71. The summed E-state index contributed by atoms with van der Waals surface area (Å²) < 4.78 is 4.09. The summed E-state index contributed by atoms with van der Waals surface area (Å²) in [5.41, 5.74) is 10.3. The summed E-state index contributed by atoms with van der Waals surface area (Å²) in [6, 6.07) is 0. The van der Waals surface area contributed by atoms with Crippen LogP contribution in [0.25, 0.3) is 0 Å². The van der Waals surface area contributed by atoms with Crippen molar-refractivity contribution in [3.05, 3.63) is 0 Å². The Morgan fingerprint density at radius 3 is 1.62 bits per heavy atom. The van der Waals surface area contributed by atoms with E-state index in [0.29, 0.717) is 0 Å². The Bertz CT molecular complexity index is 98.3. The molecule has 0 radical (unpaired) electrons. The maximum absolute atomic E-state index is 5.16. The molecule has 0 aromatic rings. The van der Waals surface area contributed by atoms with Gasteiger partial charge in [0.1, 0.15) is 0 Å². The third-order valence-electron chi connectivity index (χ3n) is 0.465. The van der Waals surface area contributed by atoms with E-state index in [1.165, 1.54) is 0 Å². The van der Waals surface area contributed by atoms with Crippen molar-refractivity contribution in [3.8, 4) is 0 Å². The molecular formula is C4H13N3Sn. The van der Waals surface area contributed by atoms with Crippen molar-refractivity contribution in [2.24, 2.45) is 14.7 Å². The molecule has 0 bridgehead atoms. The first-order chi connectivity index (χ1) is 3.42. The summed E-state index contributed by atoms with van der Waals surface area (Å²) in [6.07, 6.45) is 0. The molecule has 8 heavy (non-hydrogen) atoms. The van der Waals surface area contributed by atoms with Gasteiger partial charge in [-0.25, -0.2) is 0 Å². The van der Waals surface area contributed by atoms with Gasteiger partial charge < -0.3 is 0 Å². The number of guanidine groups is 1. The van der Waals surface area contributed by atoms with Crippen LogP contribution in [0.15, 0.2) is 3.21 Å². The molecule has 0 saturated heterocycles. The van der Waals surface area contributed by atoms with Crippen molar-refractivity contribution in [2.75, 3.05) is 0 Å². The molecule has 0 amide bonds. The van der Waals surface area contributed by atoms with Crippen molar-refractivity contribution in [1.82, 2.24) is 0 Å². The number of hydrogen-bond acceptors (Lipinski definition) is 1. The Balaban J connectivity index is 3.89. The van der Waals surface area contributed by atoms with Gasteiger partial charge in [-0.15, -0.1) is 0 Å². The molecule has 0 fully saturated rings. The van der Waals surface area contributed by atoms with Gasteiger partial charge in [-0.2, -0.15) is 0 Å². The molecule has 0 aliphatic rings. The van der Waals surface area contributed by atoms with Crippen LogP contribution in [0, 0.1) is 0 Å². The first-order valence-electron chi connectivity index (χ1n) is 2.52. The molecule has 48 valence electrons. The topological polar surface area (TPSA) is 64.4 Å². The predicted octanol–water partition coefficient (Wildman–Crippen LogP) is 0.0947. The van der Waals surface area contributed by atoms with Gasteiger partial charge in [0, 0.05) is 0 Å². The second-order valence-corrected chi connectivity index (χ2v) is 15.7.